The Balaban J connectivity index is 2.47. The van der Waals surface area contributed by atoms with Crippen molar-refractivity contribution in [3.63, 3.8) is 0 Å². The van der Waals surface area contributed by atoms with Crippen LogP contribution in [0, 0.1) is 3.57 Å². The van der Waals surface area contributed by atoms with E-state index in [4.69, 9.17) is 4.42 Å². The minimum absolute atomic E-state index is 0.291. The topological polar surface area (TPSA) is 22.4 Å². The van der Waals surface area contributed by atoms with Crippen molar-refractivity contribution in [3.05, 3.63) is 38.6 Å². The molecule has 18 heavy (non-hydrogen) atoms. The Morgan fingerprint density at radius 2 is 2.00 bits per heavy atom. The van der Waals surface area contributed by atoms with E-state index >= 15 is 0 Å². The Labute approximate surface area is 122 Å². The summed E-state index contributed by atoms with van der Waals surface area (Å²) in [5.74, 6) is 0.189. The van der Waals surface area contributed by atoms with E-state index in [0.717, 1.165) is 3.57 Å². The lowest BCUT2D eigenvalue weighted by Gasteiger charge is -2.12. The zero-order valence-corrected chi connectivity index (χ0v) is 12.3. The lowest BCUT2D eigenvalue weighted by atomic mass is 10.1. The number of rotatable bonds is 2. The maximum atomic E-state index is 12.2. The van der Waals surface area contributed by atoms with Gasteiger partial charge in [0.1, 0.15) is 11.5 Å². The first-order valence-electron chi connectivity index (χ1n) is 4.65. The highest BCUT2D eigenvalue weighted by molar-refractivity contribution is 14.1. The fourth-order valence-corrected chi connectivity index (χ4v) is 2.38. The molecule has 1 aromatic heterocycles. The van der Waals surface area contributed by atoms with E-state index in [9.17, 15) is 13.2 Å². The van der Waals surface area contributed by atoms with Gasteiger partial charge in [-0.25, -0.2) is 0 Å². The highest BCUT2D eigenvalue weighted by Gasteiger charge is 2.31. The molecule has 0 fully saturated rings. The van der Waals surface area contributed by atoms with Gasteiger partial charge < -0.3 is 9.15 Å². The van der Waals surface area contributed by atoms with Crippen LogP contribution >= 0.6 is 38.5 Å². The highest BCUT2D eigenvalue weighted by Crippen LogP contribution is 2.36. The molecule has 2 nitrogen and oxygen atoms in total. The van der Waals surface area contributed by atoms with E-state index < -0.39 is 6.36 Å². The summed E-state index contributed by atoms with van der Waals surface area (Å²) in [6.45, 7) is 0. The predicted molar refractivity (Wildman–Crippen MR) is 71.2 cm³/mol. The molecule has 0 unspecified atom stereocenters. The summed E-state index contributed by atoms with van der Waals surface area (Å²) in [4.78, 5) is 0. The van der Waals surface area contributed by atoms with Crippen LogP contribution in [0.5, 0.6) is 5.75 Å². The van der Waals surface area contributed by atoms with Crippen molar-refractivity contribution in [2.24, 2.45) is 0 Å². The van der Waals surface area contributed by atoms with Gasteiger partial charge in [-0.3, -0.25) is 0 Å². The first-order valence-corrected chi connectivity index (χ1v) is 6.52. The van der Waals surface area contributed by atoms with Gasteiger partial charge in [0, 0.05) is 13.6 Å². The van der Waals surface area contributed by atoms with Gasteiger partial charge in [0.05, 0.1) is 6.26 Å². The van der Waals surface area contributed by atoms with Crippen LogP contribution in [-0.4, -0.2) is 6.36 Å². The van der Waals surface area contributed by atoms with Crippen molar-refractivity contribution in [1.29, 1.82) is 0 Å². The summed E-state index contributed by atoms with van der Waals surface area (Å²) in [5, 5.41) is 0. The molecule has 0 saturated heterocycles. The molecule has 0 amide bonds. The summed E-state index contributed by atoms with van der Waals surface area (Å²) in [7, 11) is 0. The van der Waals surface area contributed by atoms with Gasteiger partial charge in [0.2, 0.25) is 0 Å². The Hall–Kier alpha value is -0.700. The summed E-state index contributed by atoms with van der Waals surface area (Å²) in [5.41, 5.74) is 0.536. The van der Waals surface area contributed by atoms with Crippen LogP contribution in [0.4, 0.5) is 13.2 Å². The summed E-state index contributed by atoms with van der Waals surface area (Å²) in [6, 6.07) is 5.89. The van der Waals surface area contributed by atoms with Crippen LogP contribution in [0.3, 0.4) is 0 Å². The quantitative estimate of drug-likeness (QED) is 0.607. The van der Waals surface area contributed by atoms with Crippen LogP contribution in [0.1, 0.15) is 0 Å². The lowest BCUT2D eigenvalue weighted by Crippen LogP contribution is -2.17. The third kappa shape index (κ3) is 3.19. The molecular formula is C11H5BrF3IO2. The summed E-state index contributed by atoms with van der Waals surface area (Å²) >= 11 is 5.21. The molecule has 0 radical (unpaired) electrons. The molecule has 96 valence electrons. The predicted octanol–water partition coefficient (Wildman–Crippen LogP) is 5.21. The zero-order chi connectivity index (χ0) is 13.3. The van der Waals surface area contributed by atoms with Gasteiger partial charge in [-0.15, -0.1) is 13.2 Å². The fraction of sp³-hybridized carbons (Fsp3) is 0.0909. The smallest absolute Gasteiger partial charge is 0.464 e. The molecule has 0 bridgehead atoms. The summed E-state index contributed by atoms with van der Waals surface area (Å²) in [6.07, 6.45) is -3.26. The molecule has 0 aliphatic carbocycles. The van der Waals surface area contributed by atoms with Crippen LogP contribution < -0.4 is 4.74 Å². The number of benzene rings is 1. The van der Waals surface area contributed by atoms with Crippen LogP contribution in [0.15, 0.2) is 39.4 Å². The normalized spacial score (nSPS) is 11.6. The van der Waals surface area contributed by atoms with Gasteiger partial charge >= 0.3 is 6.36 Å². The Morgan fingerprint density at radius 3 is 2.56 bits per heavy atom. The summed E-state index contributed by atoms with van der Waals surface area (Å²) < 4.78 is 46.9. The number of hydrogen-bond acceptors (Lipinski definition) is 2. The number of ether oxygens (including phenoxy) is 1. The zero-order valence-electron chi connectivity index (χ0n) is 8.59. The molecule has 7 heteroatoms. The van der Waals surface area contributed by atoms with E-state index in [1.807, 2.05) is 22.6 Å². The van der Waals surface area contributed by atoms with E-state index in [1.165, 1.54) is 18.4 Å². The molecule has 1 heterocycles. The van der Waals surface area contributed by atoms with E-state index in [0.29, 0.717) is 15.8 Å². The van der Waals surface area contributed by atoms with E-state index in [1.54, 1.807) is 12.1 Å². The van der Waals surface area contributed by atoms with Gasteiger partial charge in [-0.05, 0) is 62.8 Å². The molecule has 0 spiro atoms. The molecule has 1 aromatic carbocycles. The van der Waals surface area contributed by atoms with Crippen LogP contribution in [0.25, 0.3) is 11.3 Å². The largest absolute Gasteiger partial charge is 0.573 e. The number of alkyl halides is 3. The third-order valence-corrected chi connectivity index (χ3v) is 4.55. The average molecular weight is 433 g/mol. The maximum absolute atomic E-state index is 12.2. The number of furan rings is 1. The van der Waals surface area contributed by atoms with Crippen molar-refractivity contribution in [1.82, 2.24) is 0 Å². The second-order valence-electron chi connectivity index (χ2n) is 3.29. The average Bonchev–Trinajstić information content (AvgIpc) is 2.74. The van der Waals surface area contributed by atoms with Crippen molar-refractivity contribution >= 4 is 38.5 Å². The van der Waals surface area contributed by atoms with E-state index in [2.05, 4.69) is 20.7 Å². The standard InChI is InChI=1S/C11H5BrF3IO2/c12-8-5-6(18-11(13,14)15)4-7(10(8)16)9-2-1-3-17-9/h1-5H. The molecule has 0 saturated carbocycles. The number of hydrogen-bond donors (Lipinski definition) is 0. The van der Waals surface area contributed by atoms with Crippen LogP contribution in [-0.2, 0) is 0 Å². The number of halogens is 5. The SMILES string of the molecule is FC(F)(F)Oc1cc(Br)c(I)c(-c2ccco2)c1. The minimum atomic E-state index is -4.72. The minimum Gasteiger partial charge on any atom is -0.464 e. The second-order valence-corrected chi connectivity index (χ2v) is 5.22. The fourth-order valence-electron chi connectivity index (χ4n) is 1.37. The lowest BCUT2D eigenvalue weighted by molar-refractivity contribution is -0.274. The van der Waals surface area contributed by atoms with Gasteiger partial charge in [-0.1, -0.05) is 0 Å². The highest BCUT2D eigenvalue weighted by atomic mass is 127. The molecule has 0 atom stereocenters. The van der Waals surface area contributed by atoms with E-state index in [-0.39, 0.29) is 5.75 Å². The molecule has 2 rings (SSSR count). The first-order chi connectivity index (χ1) is 8.37. The van der Waals surface area contributed by atoms with Crippen molar-refractivity contribution in [2.75, 3.05) is 0 Å². The third-order valence-electron chi connectivity index (χ3n) is 2.02. The molecular weight excluding hydrogens is 428 g/mol. The van der Waals surface area contributed by atoms with Crippen LogP contribution in [0.2, 0.25) is 0 Å². The Morgan fingerprint density at radius 1 is 1.28 bits per heavy atom. The van der Waals surface area contributed by atoms with Gasteiger partial charge in [0.25, 0.3) is 0 Å². The molecule has 0 aliphatic rings. The maximum Gasteiger partial charge on any atom is 0.573 e. The Kier molecular flexibility index (Phi) is 3.90. The van der Waals surface area contributed by atoms with Crippen molar-refractivity contribution < 1.29 is 22.3 Å². The molecule has 0 aliphatic heterocycles. The molecule has 2 aromatic rings. The van der Waals surface area contributed by atoms with Gasteiger partial charge in [0.15, 0.2) is 0 Å². The second kappa shape index (κ2) is 5.12. The molecule has 0 N–H and O–H groups in total. The monoisotopic (exact) mass is 432 g/mol. The first kappa shape index (κ1) is 13.7. The van der Waals surface area contributed by atoms with Crippen molar-refractivity contribution in [2.45, 2.75) is 6.36 Å². The van der Waals surface area contributed by atoms with Crippen molar-refractivity contribution in [3.8, 4) is 17.1 Å². The van der Waals surface area contributed by atoms with Gasteiger partial charge in [-0.2, -0.15) is 0 Å². The Bertz CT molecular complexity index is 552.